The van der Waals surface area contributed by atoms with E-state index in [4.69, 9.17) is 28.4 Å². The van der Waals surface area contributed by atoms with Crippen LogP contribution in [-0.2, 0) is 42.8 Å². The highest BCUT2D eigenvalue weighted by molar-refractivity contribution is 5.87. The molecule has 13 heteroatoms. The Kier molecular flexibility index (Phi) is 18.1. The molecule has 0 aliphatic carbocycles. The summed E-state index contributed by atoms with van der Waals surface area (Å²) in [6, 6.07) is 0. The van der Waals surface area contributed by atoms with E-state index in [0.29, 0.717) is 0 Å². The third-order valence-corrected chi connectivity index (χ3v) is 4.46. The average Bonchev–Trinajstić information content (AvgIpc) is 2.86. The van der Waals surface area contributed by atoms with Gasteiger partial charge < -0.3 is 48.8 Å². The van der Waals surface area contributed by atoms with E-state index in [0.717, 1.165) is 0 Å². The first-order valence-electron chi connectivity index (χ1n) is 11.7. The molecule has 38 heavy (non-hydrogen) atoms. The Labute approximate surface area is 222 Å². The van der Waals surface area contributed by atoms with E-state index < -0.39 is 55.0 Å². The van der Waals surface area contributed by atoms with Gasteiger partial charge in [-0.1, -0.05) is 19.7 Å². The van der Waals surface area contributed by atoms with E-state index in [2.05, 4.69) is 19.7 Å². The van der Waals surface area contributed by atoms with E-state index in [9.17, 15) is 34.8 Å². The summed E-state index contributed by atoms with van der Waals surface area (Å²) < 4.78 is 31.0. The fourth-order valence-corrected chi connectivity index (χ4v) is 2.36. The maximum atomic E-state index is 11.5. The fourth-order valence-electron chi connectivity index (χ4n) is 2.36. The van der Waals surface area contributed by atoms with Crippen LogP contribution in [0.4, 0.5) is 0 Å². The summed E-state index contributed by atoms with van der Waals surface area (Å²) in [6.45, 7) is 11.7. The van der Waals surface area contributed by atoms with Crippen LogP contribution in [0.3, 0.4) is 0 Å². The van der Waals surface area contributed by atoms with E-state index >= 15 is 0 Å². The van der Waals surface area contributed by atoms with Gasteiger partial charge in [0, 0.05) is 16.7 Å². The summed E-state index contributed by atoms with van der Waals surface area (Å²) in [5.74, 6) is -2.05. The highest BCUT2D eigenvalue weighted by Gasteiger charge is 2.26. The van der Waals surface area contributed by atoms with Crippen LogP contribution in [0.15, 0.2) is 36.5 Å². The Bertz CT molecular complexity index is 794. The van der Waals surface area contributed by atoms with Crippen LogP contribution in [-0.4, -0.2) is 122 Å². The second-order valence-electron chi connectivity index (χ2n) is 8.56. The maximum absolute atomic E-state index is 11.5. The summed E-state index contributed by atoms with van der Waals surface area (Å²) in [5, 5.41) is 39.9. The molecule has 0 aromatic rings. The van der Waals surface area contributed by atoms with Crippen molar-refractivity contribution in [3.63, 3.8) is 0 Å². The smallest absolute Gasteiger partial charge is 0.333 e. The molecule has 13 nitrogen and oxygen atoms in total. The molecule has 0 aromatic heterocycles. The van der Waals surface area contributed by atoms with Crippen LogP contribution < -0.4 is 0 Å². The maximum Gasteiger partial charge on any atom is 0.333 e. The molecule has 5 atom stereocenters. The van der Waals surface area contributed by atoms with Gasteiger partial charge in [-0.3, -0.25) is 0 Å². The number of aliphatic hydroxyl groups is 4. The number of hydrogen-bond acceptors (Lipinski definition) is 13. The van der Waals surface area contributed by atoms with Crippen LogP contribution in [0.25, 0.3) is 0 Å². The second-order valence-corrected chi connectivity index (χ2v) is 8.56. The lowest BCUT2D eigenvalue weighted by atomic mass is 10.2. The van der Waals surface area contributed by atoms with Crippen LogP contribution >= 0.6 is 0 Å². The molecular formula is C25H40O13. The lowest BCUT2D eigenvalue weighted by Gasteiger charge is -2.28. The summed E-state index contributed by atoms with van der Waals surface area (Å²) in [7, 11) is 0. The SMILES string of the molecule is C=C(C)C(=O)OCC(O)COC[C@H](OCC(O)COC(=O)C(=C)C)[C@@H](CO)OCC(O)COC(=O)C(=C)C. The first-order valence-corrected chi connectivity index (χ1v) is 11.7. The molecule has 0 rings (SSSR count). The van der Waals surface area contributed by atoms with Crippen molar-refractivity contribution >= 4 is 17.9 Å². The Morgan fingerprint density at radius 3 is 1.26 bits per heavy atom. The molecule has 0 spiro atoms. The number of hydrogen-bond donors (Lipinski definition) is 4. The summed E-state index contributed by atoms with van der Waals surface area (Å²) in [6.07, 6.45) is -5.75. The standard InChI is InChI=1S/C25H40O13/c1-15(2)23(30)36-11-18(27)8-33-14-22(35-10-20(29)13-38-25(32)17(5)6)21(7-26)34-9-19(28)12-37-24(31)16(3)4/h18-22,26-29H,1,3,5,7-14H2,2,4,6H3/t18?,19?,20?,21-,22+/m1/s1. The van der Waals surface area contributed by atoms with Crippen molar-refractivity contribution in [1.29, 1.82) is 0 Å². The molecular weight excluding hydrogens is 508 g/mol. The van der Waals surface area contributed by atoms with E-state index in [1.165, 1.54) is 20.8 Å². The molecule has 4 N–H and O–H groups in total. The van der Waals surface area contributed by atoms with Gasteiger partial charge in [0.25, 0.3) is 0 Å². The van der Waals surface area contributed by atoms with E-state index in [-0.39, 0.29) is 63.0 Å². The zero-order chi connectivity index (χ0) is 29.3. The minimum Gasteiger partial charge on any atom is -0.460 e. The largest absolute Gasteiger partial charge is 0.460 e. The second kappa shape index (κ2) is 19.4. The molecule has 0 radical (unpaired) electrons. The summed E-state index contributed by atoms with van der Waals surface area (Å²) >= 11 is 0. The van der Waals surface area contributed by atoms with Crippen molar-refractivity contribution in [2.24, 2.45) is 0 Å². The Balaban J connectivity index is 4.98. The van der Waals surface area contributed by atoms with Crippen molar-refractivity contribution in [1.82, 2.24) is 0 Å². The van der Waals surface area contributed by atoms with E-state index in [1.54, 1.807) is 0 Å². The van der Waals surface area contributed by atoms with E-state index in [1.807, 2.05) is 0 Å². The Morgan fingerprint density at radius 2 is 0.921 bits per heavy atom. The number of esters is 3. The molecule has 0 saturated heterocycles. The van der Waals surface area contributed by atoms with Gasteiger partial charge in [-0.25, -0.2) is 14.4 Å². The zero-order valence-corrected chi connectivity index (χ0v) is 22.1. The monoisotopic (exact) mass is 548 g/mol. The van der Waals surface area contributed by atoms with Crippen LogP contribution in [0.2, 0.25) is 0 Å². The van der Waals surface area contributed by atoms with Crippen LogP contribution in [0, 0.1) is 0 Å². The molecule has 0 saturated carbocycles. The predicted molar refractivity (Wildman–Crippen MR) is 133 cm³/mol. The van der Waals surface area contributed by atoms with Gasteiger partial charge in [-0.2, -0.15) is 0 Å². The third-order valence-electron chi connectivity index (χ3n) is 4.46. The molecule has 0 amide bonds. The lowest BCUT2D eigenvalue weighted by Crippen LogP contribution is -2.42. The quantitative estimate of drug-likeness (QED) is 0.0794. The molecule has 0 fully saturated rings. The topological polar surface area (TPSA) is 188 Å². The molecule has 0 aliphatic rings. The minimum atomic E-state index is -1.24. The van der Waals surface area contributed by atoms with Gasteiger partial charge in [0.2, 0.25) is 0 Å². The normalized spacial score (nSPS) is 14.9. The average molecular weight is 549 g/mol. The Morgan fingerprint density at radius 1 is 0.579 bits per heavy atom. The highest BCUT2D eigenvalue weighted by atomic mass is 16.6. The number of carbonyl (C=O) groups is 3. The minimum absolute atomic E-state index is 0.151. The predicted octanol–water partition coefficient (Wildman–Crippen LogP) is -0.794. The molecule has 0 aromatic carbocycles. The number of ether oxygens (including phenoxy) is 6. The lowest BCUT2D eigenvalue weighted by molar-refractivity contribution is -0.160. The molecule has 0 heterocycles. The van der Waals surface area contributed by atoms with Gasteiger partial charge in [0.15, 0.2) is 0 Å². The molecule has 3 unspecified atom stereocenters. The van der Waals surface area contributed by atoms with Gasteiger partial charge >= 0.3 is 17.9 Å². The van der Waals surface area contributed by atoms with Gasteiger partial charge in [0.1, 0.15) is 50.3 Å². The van der Waals surface area contributed by atoms with Crippen molar-refractivity contribution in [2.45, 2.75) is 51.3 Å². The number of carbonyl (C=O) groups excluding carboxylic acids is 3. The van der Waals surface area contributed by atoms with Gasteiger partial charge in [-0.15, -0.1) is 0 Å². The molecule has 218 valence electrons. The summed E-state index contributed by atoms with van der Waals surface area (Å²) in [4.78, 5) is 34.4. The van der Waals surface area contributed by atoms with Crippen molar-refractivity contribution < 1.29 is 63.2 Å². The van der Waals surface area contributed by atoms with Crippen molar-refractivity contribution in [2.75, 3.05) is 52.9 Å². The molecule has 0 bridgehead atoms. The number of rotatable bonds is 21. The number of aliphatic hydroxyl groups excluding tert-OH is 4. The first kappa shape index (κ1) is 35.4. The van der Waals surface area contributed by atoms with Crippen LogP contribution in [0.1, 0.15) is 20.8 Å². The summed E-state index contributed by atoms with van der Waals surface area (Å²) in [5.41, 5.74) is 0.470. The third kappa shape index (κ3) is 16.2. The Hall–Kier alpha value is -2.65. The fraction of sp³-hybridized carbons (Fsp3) is 0.640. The highest BCUT2D eigenvalue weighted by Crippen LogP contribution is 2.09. The van der Waals surface area contributed by atoms with Crippen LogP contribution in [0.5, 0.6) is 0 Å². The molecule has 0 aliphatic heterocycles. The van der Waals surface area contributed by atoms with Gasteiger partial charge in [-0.05, 0) is 20.8 Å². The first-order chi connectivity index (χ1) is 17.8. The van der Waals surface area contributed by atoms with Crippen molar-refractivity contribution in [3.05, 3.63) is 36.5 Å². The zero-order valence-electron chi connectivity index (χ0n) is 22.1. The van der Waals surface area contributed by atoms with Crippen molar-refractivity contribution in [3.8, 4) is 0 Å². The van der Waals surface area contributed by atoms with Gasteiger partial charge in [0.05, 0.1) is 33.0 Å².